The molecule has 3 atom stereocenters. The fraction of sp³-hybridized carbons (Fsp3) is 0.667. The molecule has 0 aromatic heterocycles. The van der Waals surface area contributed by atoms with Crippen LogP contribution in [0.1, 0.15) is 37.3 Å². The van der Waals surface area contributed by atoms with E-state index in [1.165, 1.54) is 24.0 Å². The molecule has 0 radical (unpaired) electrons. The first-order chi connectivity index (χ1) is 10.3. The van der Waals surface area contributed by atoms with Crippen LogP contribution in [0, 0.1) is 5.92 Å². The summed E-state index contributed by atoms with van der Waals surface area (Å²) in [7, 11) is 2.09. The monoisotopic (exact) mass is 289 g/mol. The predicted molar refractivity (Wildman–Crippen MR) is 84.9 cm³/mol. The first kappa shape index (κ1) is 14.9. The molecule has 2 heterocycles. The summed E-state index contributed by atoms with van der Waals surface area (Å²) in [6.45, 7) is 4.00. The summed E-state index contributed by atoms with van der Waals surface area (Å²) in [5.74, 6) is 1.75. The van der Waals surface area contributed by atoms with Crippen molar-refractivity contribution < 1.29 is 9.47 Å². The maximum atomic E-state index is 5.85. The predicted octanol–water partition coefficient (Wildman–Crippen LogP) is 2.96. The average Bonchev–Trinajstić information content (AvgIpc) is 3.16. The minimum atomic E-state index is 0.441. The van der Waals surface area contributed by atoms with Gasteiger partial charge in [0.2, 0.25) is 0 Å². The highest BCUT2D eigenvalue weighted by molar-refractivity contribution is 5.39. The lowest BCUT2D eigenvalue weighted by molar-refractivity contribution is 0.0774. The summed E-state index contributed by atoms with van der Waals surface area (Å²) in [6.07, 6.45) is 6.14. The van der Waals surface area contributed by atoms with Crippen LogP contribution in [0.15, 0.2) is 18.2 Å². The smallest absolute Gasteiger partial charge is 0.122 e. The van der Waals surface area contributed by atoms with Crippen LogP contribution in [0.4, 0.5) is 0 Å². The maximum Gasteiger partial charge on any atom is 0.122 e. The highest BCUT2D eigenvalue weighted by Crippen LogP contribution is 2.30. The Morgan fingerprint density at radius 1 is 1.33 bits per heavy atom. The number of fused-ring (bicyclic) bond motifs is 1. The number of aryl methyl sites for hydroxylation is 1. The molecule has 21 heavy (non-hydrogen) atoms. The maximum absolute atomic E-state index is 5.85. The van der Waals surface area contributed by atoms with Crippen molar-refractivity contribution in [2.75, 3.05) is 20.3 Å². The molecule has 0 spiro atoms. The summed E-state index contributed by atoms with van der Waals surface area (Å²) < 4.78 is 11.4. The van der Waals surface area contributed by atoms with Gasteiger partial charge in [0.1, 0.15) is 5.75 Å². The lowest BCUT2D eigenvalue weighted by Gasteiger charge is -2.27. The largest absolute Gasteiger partial charge is 0.493 e. The molecule has 0 bridgehead atoms. The average molecular weight is 289 g/mol. The molecule has 0 aliphatic carbocycles. The SMILES string of the molecule is CCC1OCCC1C(CCc1ccc2c(c1)CCO2)NC. The van der Waals surface area contributed by atoms with Gasteiger partial charge in [-0.2, -0.15) is 0 Å². The summed E-state index contributed by atoms with van der Waals surface area (Å²) in [5.41, 5.74) is 2.82. The number of hydrogen-bond donors (Lipinski definition) is 1. The van der Waals surface area contributed by atoms with Crippen LogP contribution < -0.4 is 10.1 Å². The van der Waals surface area contributed by atoms with E-state index >= 15 is 0 Å². The minimum Gasteiger partial charge on any atom is -0.493 e. The third-order valence-electron chi connectivity index (χ3n) is 5.05. The van der Waals surface area contributed by atoms with Gasteiger partial charge < -0.3 is 14.8 Å². The van der Waals surface area contributed by atoms with E-state index in [2.05, 4.69) is 37.5 Å². The van der Waals surface area contributed by atoms with Crippen LogP contribution in [-0.4, -0.2) is 32.4 Å². The van der Waals surface area contributed by atoms with Crippen molar-refractivity contribution in [2.24, 2.45) is 5.92 Å². The van der Waals surface area contributed by atoms with Gasteiger partial charge >= 0.3 is 0 Å². The fourth-order valence-electron chi connectivity index (χ4n) is 3.84. The Bertz CT molecular complexity index is 474. The minimum absolute atomic E-state index is 0.441. The Balaban J connectivity index is 1.60. The zero-order chi connectivity index (χ0) is 14.7. The second kappa shape index (κ2) is 6.80. The first-order valence-electron chi connectivity index (χ1n) is 8.35. The molecule has 1 aromatic rings. The fourth-order valence-corrected chi connectivity index (χ4v) is 3.84. The van der Waals surface area contributed by atoms with E-state index in [0.29, 0.717) is 18.1 Å². The molecule has 0 amide bonds. The van der Waals surface area contributed by atoms with Gasteiger partial charge in [0.05, 0.1) is 12.7 Å². The van der Waals surface area contributed by atoms with Crippen LogP contribution in [-0.2, 0) is 17.6 Å². The van der Waals surface area contributed by atoms with Crippen molar-refractivity contribution in [3.8, 4) is 5.75 Å². The molecule has 1 N–H and O–H groups in total. The molecule has 1 aromatic carbocycles. The summed E-state index contributed by atoms with van der Waals surface area (Å²) in [5, 5.41) is 3.53. The molecule has 3 rings (SSSR count). The normalized spacial score (nSPS) is 25.6. The Hall–Kier alpha value is -1.06. The van der Waals surface area contributed by atoms with E-state index in [9.17, 15) is 0 Å². The second-order valence-electron chi connectivity index (χ2n) is 6.24. The molecule has 2 aliphatic heterocycles. The zero-order valence-electron chi connectivity index (χ0n) is 13.2. The highest BCUT2D eigenvalue weighted by Gasteiger charge is 2.32. The highest BCUT2D eigenvalue weighted by atomic mass is 16.5. The van der Waals surface area contributed by atoms with E-state index < -0.39 is 0 Å². The number of ether oxygens (including phenoxy) is 2. The van der Waals surface area contributed by atoms with E-state index in [1.807, 2.05) is 0 Å². The van der Waals surface area contributed by atoms with Crippen LogP contribution >= 0.6 is 0 Å². The van der Waals surface area contributed by atoms with Gasteiger partial charge in [-0.15, -0.1) is 0 Å². The van der Waals surface area contributed by atoms with Gasteiger partial charge in [0, 0.05) is 25.0 Å². The van der Waals surface area contributed by atoms with Gasteiger partial charge in [0.25, 0.3) is 0 Å². The zero-order valence-corrected chi connectivity index (χ0v) is 13.2. The molecule has 0 saturated carbocycles. The van der Waals surface area contributed by atoms with Crippen molar-refractivity contribution >= 4 is 0 Å². The Kier molecular flexibility index (Phi) is 4.81. The van der Waals surface area contributed by atoms with Gasteiger partial charge in [-0.1, -0.05) is 19.1 Å². The second-order valence-corrected chi connectivity index (χ2v) is 6.24. The van der Waals surface area contributed by atoms with Crippen LogP contribution in [0.25, 0.3) is 0 Å². The van der Waals surface area contributed by atoms with Crippen LogP contribution in [0.3, 0.4) is 0 Å². The van der Waals surface area contributed by atoms with E-state index in [1.54, 1.807) is 0 Å². The molecule has 2 aliphatic rings. The van der Waals surface area contributed by atoms with E-state index in [-0.39, 0.29) is 0 Å². The summed E-state index contributed by atoms with van der Waals surface area (Å²) in [6, 6.07) is 7.25. The Morgan fingerprint density at radius 3 is 3.05 bits per heavy atom. The van der Waals surface area contributed by atoms with Crippen molar-refractivity contribution in [3.05, 3.63) is 29.3 Å². The number of hydrogen-bond acceptors (Lipinski definition) is 3. The molecule has 3 nitrogen and oxygen atoms in total. The Labute approximate surface area is 128 Å². The lowest BCUT2D eigenvalue weighted by Crippen LogP contribution is -2.38. The molecule has 116 valence electrons. The summed E-state index contributed by atoms with van der Waals surface area (Å²) >= 11 is 0. The van der Waals surface area contributed by atoms with E-state index in [4.69, 9.17) is 9.47 Å². The number of rotatable bonds is 6. The molecule has 3 heteroatoms. The van der Waals surface area contributed by atoms with Gasteiger partial charge in [-0.05, 0) is 49.9 Å². The van der Waals surface area contributed by atoms with Gasteiger partial charge in [0.15, 0.2) is 0 Å². The van der Waals surface area contributed by atoms with Crippen molar-refractivity contribution in [1.82, 2.24) is 5.32 Å². The van der Waals surface area contributed by atoms with Crippen molar-refractivity contribution in [3.63, 3.8) is 0 Å². The molecular formula is C18H27NO2. The molecular weight excluding hydrogens is 262 g/mol. The first-order valence-corrected chi connectivity index (χ1v) is 8.35. The quantitative estimate of drug-likeness (QED) is 0.873. The van der Waals surface area contributed by atoms with Crippen LogP contribution in [0.5, 0.6) is 5.75 Å². The molecule has 1 saturated heterocycles. The van der Waals surface area contributed by atoms with Crippen molar-refractivity contribution in [2.45, 2.75) is 51.2 Å². The lowest BCUT2D eigenvalue weighted by atomic mass is 9.87. The third-order valence-corrected chi connectivity index (χ3v) is 5.05. The van der Waals surface area contributed by atoms with Crippen LogP contribution in [0.2, 0.25) is 0 Å². The number of benzene rings is 1. The third kappa shape index (κ3) is 3.24. The topological polar surface area (TPSA) is 30.5 Å². The van der Waals surface area contributed by atoms with Crippen molar-refractivity contribution in [1.29, 1.82) is 0 Å². The molecule has 3 unspecified atom stereocenters. The Morgan fingerprint density at radius 2 is 2.24 bits per heavy atom. The van der Waals surface area contributed by atoms with Gasteiger partial charge in [-0.3, -0.25) is 0 Å². The number of nitrogens with one attached hydrogen (secondary N) is 1. The van der Waals surface area contributed by atoms with Gasteiger partial charge in [-0.25, -0.2) is 0 Å². The summed E-state index contributed by atoms with van der Waals surface area (Å²) in [4.78, 5) is 0. The molecule has 1 fully saturated rings. The van der Waals surface area contributed by atoms with E-state index in [0.717, 1.165) is 38.2 Å². The standard InChI is InChI=1S/C18H27NO2/c1-3-17-15(9-11-20-17)16(19-2)6-4-13-5-7-18-14(12-13)8-10-21-18/h5,7,12,15-17,19H,3-4,6,8-11H2,1-2H3.